The molecule has 20 heavy (non-hydrogen) atoms. The molecule has 5 heteroatoms. The first kappa shape index (κ1) is 13.3. The number of rotatable bonds is 5. The van der Waals surface area contributed by atoms with Crippen molar-refractivity contribution in [3.05, 3.63) is 18.0 Å². The summed E-state index contributed by atoms with van der Waals surface area (Å²) in [5.74, 6) is 0.362. The zero-order chi connectivity index (χ0) is 13.9. The van der Waals surface area contributed by atoms with Gasteiger partial charge in [-0.15, -0.1) is 0 Å². The SMILES string of the molecule is O=C(O)c1ccnc(N(CC2CC2)C2CCCCC2)n1. The Labute approximate surface area is 119 Å². The highest BCUT2D eigenvalue weighted by molar-refractivity contribution is 5.85. The summed E-state index contributed by atoms with van der Waals surface area (Å²) in [4.78, 5) is 21.9. The Hall–Kier alpha value is -1.65. The molecule has 0 amide bonds. The number of nitrogens with zero attached hydrogens (tertiary/aromatic N) is 3. The number of carboxylic acids is 1. The van der Waals surface area contributed by atoms with E-state index in [2.05, 4.69) is 14.9 Å². The van der Waals surface area contributed by atoms with E-state index in [1.807, 2.05) is 0 Å². The first-order valence-corrected chi connectivity index (χ1v) is 7.57. The lowest BCUT2D eigenvalue weighted by Gasteiger charge is -2.34. The molecule has 5 nitrogen and oxygen atoms in total. The van der Waals surface area contributed by atoms with Crippen molar-refractivity contribution in [2.75, 3.05) is 11.4 Å². The van der Waals surface area contributed by atoms with Crippen LogP contribution in [0.1, 0.15) is 55.4 Å². The fourth-order valence-electron chi connectivity index (χ4n) is 2.97. The van der Waals surface area contributed by atoms with Gasteiger partial charge < -0.3 is 10.0 Å². The van der Waals surface area contributed by atoms with Crippen LogP contribution in [-0.2, 0) is 0 Å². The molecular weight excluding hydrogens is 254 g/mol. The van der Waals surface area contributed by atoms with Crippen LogP contribution < -0.4 is 4.90 Å². The fraction of sp³-hybridized carbons (Fsp3) is 0.667. The third kappa shape index (κ3) is 3.08. The molecule has 0 unspecified atom stereocenters. The van der Waals surface area contributed by atoms with Crippen LogP contribution in [0.15, 0.2) is 12.3 Å². The monoisotopic (exact) mass is 275 g/mol. The normalized spacial score (nSPS) is 19.8. The molecule has 3 rings (SSSR count). The summed E-state index contributed by atoms with van der Waals surface area (Å²) in [6.07, 6.45) is 10.3. The minimum absolute atomic E-state index is 0.0895. The topological polar surface area (TPSA) is 66.3 Å². The lowest BCUT2D eigenvalue weighted by Crippen LogP contribution is -2.39. The van der Waals surface area contributed by atoms with Gasteiger partial charge in [0, 0.05) is 18.8 Å². The number of carbonyl (C=O) groups is 1. The number of carboxylic acid groups (broad SMARTS) is 1. The van der Waals surface area contributed by atoms with E-state index in [4.69, 9.17) is 5.11 Å². The van der Waals surface area contributed by atoms with E-state index in [1.165, 1.54) is 51.0 Å². The van der Waals surface area contributed by atoms with Crippen molar-refractivity contribution in [2.45, 2.75) is 51.0 Å². The summed E-state index contributed by atoms with van der Waals surface area (Å²) in [5, 5.41) is 9.09. The highest BCUT2D eigenvalue weighted by Gasteiger charge is 2.30. The molecule has 0 radical (unpaired) electrons. The summed E-state index contributed by atoms with van der Waals surface area (Å²) in [6.45, 7) is 0.980. The number of aromatic nitrogens is 2. The summed E-state index contributed by atoms with van der Waals surface area (Å²) < 4.78 is 0. The predicted octanol–water partition coefficient (Wildman–Crippen LogP) is 2.72. The van der Waals surface area contributed by atoms with Gasteiger partial charge in [-0.25, -0.2) is 14.8 Å². The molecule has 2 saturated carbocycles. The van der Waals surface area contributed by atoms with Crippen LogP contribution in [0.25, 0.3) is 0 Å². The average Bonchev–Trinajstić information content (AvgIpc) is 3.30. The molecular formula is C15H21N3O2. The van der Waals surface area contributed by atoms with Crippen molar-refractivity contribution in [1.82, 2.24) is 9.97 Å². The Morgan fingerprint density at radius 2 is 2.00 bits per heavy atom. The van der Waals surface area contributed by atoms with Gasteiger partial charge in [0.1, 0.15) is 0 Å². The predicted molar refractivity (Wildman–Crippen MR) is 75.9 cm³/mol. The Bertz CT molecular complexity index is 482. The van der Waals surface area contributed by atoms with E-state index in [0.717, 1.165) is 12.5 Å². The second kappa shape index (κ2) is 5.77. The lowest BCUT2D eigenvalue weighted by molar-refractivity contribution is 0.0690. The molecule has 0 bridgehead atoms. The minimum Gasteiger partial charge on any atom is -0.477 e. The molecule has 2 aliphatic rings. The average molecular weight is 275 g/mol. The Morgan fingerprint density at radius 1 is 1.25 bits per heavy atom. The maximum absolute atomic E-state index is 11.1. The van der Waals surface area contributed by atoms with Gasteiger partial charge in [-0.3, -0.25) is 0 Å². The van der Waals surface area contributed by atoms with Crippen molar-refractivity contribution >= 4 is 11.9 Å². The molecule has 1 aromatic heterocycles. The van der Waals surface area contributed by atoms with Gasteiger partial charge in [-0.2, -0.15) is 0 Å². The number of hydrogen-bond donors (Lipinski definition) is 1. The van der Waals surface area contributed by atoms with Crippen molar-refractivity contribution in [1.29, 1.82) is 0 Å². The molecule has 2 aliphatic carbocycles. The van der Waals surface area contributed by atoms with E-state index in [0.29, 0.717) is 12.0 Å². The zero-order valence-corrected chi connectivity index (χ0v) is 11.7. The number of aromatic carboxylic acids is 1. The molecule has 0 atom stereocenters. The van der Waals surface area contributed by atoms with E-state index in [1.54, 1.807) is 6.20 Å². The second-order valence-electron chi connectivity index (χ2n) is 5.93. The highest BCUT2D eigenvalue weighted by atomic mass is 16.4. The van der Waals surface area contributed by atoms with Crippen molar-refractivity contribution in [2.24, 2.45) is 5.92 Å². The van der Waals surface area contributed by atoms with Gasteiger partial charge >= 0.3 is 5.97 Å². The molecule has 108 valence electrons. The molecule has 0 spiro atoms. The summed E-state index contributed by atoms with van der Waals surface area (Å²) >= 11 is 0. The first-order valence-electron chi connectivity index (χ1n) is 7.57. The van der Waals surface area contributed by atoms with Crippen LogP contribution in [0.4, 0.5) is 5.95 Å². The Balaban J connectivity index is 1.83. The zero-order valence-electron chi connectivity index (χ0n) is 11.7. The molecule has 1 heterocycles. The highest BCUT2D eigenvalue weighted by Crippen LogP contribution is 2.34. The van der Waals surface area contributed by atoms with E-state index in [9.17, 15) is 4.79 Å². The van der Waals surface area contributed by atoms with E-state index >= 15 is 0 Å². The van der Waals surface area contributed by atoms with E-state index in [-0.39, 0.29) is 5.69 Å². The fourth-order valence-corrected chi connectivity index (χ4v) is 2.97. The molecule has 2 fully saturated rings. The van der Waals surface area contributed by atoms with Crippen LogP contribution in [0, 0.1) is 5.92 Å². The third-order valence-electron chi connectivity index (χ3n) is 4.29. The summed E-state index contributed by atoms with van der Waals surface area (Å²) in [7, 11) is 0. The molecule has 0 aliphatic heterocycles. The van der Waals surface area contributed by atoms with Crippen molar-refractivity contribution < 1.29 is 9.90 Å². The van der Waals surface area contributed by atoms with Gasteiger partial charge in [0.05, 0.1) is 0 Å². The van der Waals surface area contributed by atoms with Gasteiger partial charge in [0.15, 0.2) is 5.69 Å². The van der Waals surface area contributed by atoms with Crippen molar-refractivity contribution in [3.8, 4) is 0 Å². The lowest BCUT2D eigenvalue weighted by atomic mass is 9.94. The van der Waals surface area contributed by atoms with Crippen LogP contribution in [-0.4, -0.2) is 33.6 Å². The molecule has 1 N–H and O–H groups in total. The largest absolute Gasteiger partial charge is 0.477 e. The van der Waals surface area contributed by atoms with Crippen molar-refractivity contribution in [3.63, 3.8) is 0 Å². The van der Waals surface area contributed by atoms with Gasteiger partial charge in [-0.05, 0) is 37.7 Å². The quantitative estimate of drug-likeness (QED) is 0.895. The molecule has 1 aromatic rings. The maximum atomic E-state index is 11.1. The number of anilines is 1. The minimum atomic E-state index is -0.983. The second-order valence-corrected chi connectivity index (χ2v) is 5.93. The standard InChI is InChI=1S/C15H21N3O2/c19-14(20)13-8-9-16-15(17-13)18(10-11-6-7-11)12-4-2-1-3-5-12/h8-9,11-12H,1-7,10H2,(H,19,20). The Morgan fingerprint density at radius 3 is 2.65 bits per heavy atom. The third-order valence-corrected chi connectivity index (χ3v) is 4.29. The summed E-state index contributed by atoms with van der Waals surface area (Å²) in [6, 6.07) is 1.94. The van der Waals surface area contributed by atoms with Crippen LogP contribution in [0.3, 0.4) is 0 Å². The van der Waals surface area contributed by atoms with Crippen LogP contribution in [0.5, 0.6) is 0 Å². The van der Waals surface area contributed by atoms with Gasteiger partial charge in [-0.1, -0.05) is 19.3 Å². The maximum Gasteiger partial charge on any atom is 0.354 e. The molecule has 0 aromatic carbocycles. The van der Waals surface area contributed by atoms with Crippen LogP contribution >= 0.6 is 0 Å². The number of hydrogen-bond acceptors (Lipinski definition) is 4. The summed E-state index contributed by atoms with van der Waals surface area (Å²) in [5.41, 5.74) is 0.0895. The first-order chi connectivity index (χ1) is 9.74. The van der Waals surface area contributed by atoms with Gasteiger partial charge in [0.2, 0.25) is 5.95 Å². The van der Waals surface area contributed by atoms with Gasteiger partial charge in [0.25, 0.3) is 0 Å². The van der Waals surface area contributed by atoms with E-state index < -0.39 is 5.97 Å². The van der Waals surface area contributed by atoms with Crippen LogP contribution in [0.2, 0.25) is 0 Å². The Kier molecular flexibility index (Phi) is 3.85. The smallest absolute Gasteiger partial charge is 0.354 e. The molecule has 0 saturated heterocycles.